The fourth-order valence-corrected chi connectivity index (χ4v) is 6.30. The fraction of sp³-hybridized carbons (Fsp3) is 0.947. The van der Waals surface area contributed by atoms with E-state index in [9.17, 15) is 24.2 Å². The van der Waals surface area contributed by atoms with E-state index in [0.29, 0.717) is 12.8 Å². The summed E-state index contributed by atoms with van der Waals surface area (Å²) in [6.45, 7) is 7.02. The second-order valence-corrected chi connectivity index (χ2v) is 15.8. The van der Waals surface area contributed by atoms with Gasteiger partial charge in [0.2, 0.25) is 0 Å². The van der Waals surface area contributed by atoms with Gasteiger partial charge < -0.3 is 24.6 Å². The Bertz CT molecular complexity index is 824. The number of aliphatic hydroxyl groups excluding tert-OH is 2. The van der Waals surface area contributed by atoms with E-state index < -0.39 is 51.8 Å². The average molecular weight is 723 g/mol. The largest absolute Gasteiger partial charge is 0.472 e. The monoisotopic (exact) mass is 723 g/mol. The lowest BCUT2D eigenvalue weighted by Gasteiger charge is -2.20. The molecule has 0 bridgehead atoms. The summed E-state index contributed by atoms with van der Waals surface area (Å²) in [6.07, 6.45) is 23.6. The number of hydrogen-bond acceptors (Lipinski definition) is 9. The second kappa shape index (κ2) is 32.8. The summed E-state index contributed by atoms with van der Waals surface area (Å²) in [5.41, 5.74) is 0. The number of carbonyl (C=O) groups is 2. The van der Waals surface area contributed by atoms with Crippen LogP contribution < -0.4 is 0 Å². The maximum Gasteiger partial charge on any atom is 0.472 e. The van der Waals surface area contributed by atoms with E-state index >= 15 is 0 Å². The Labute approximate surface area is 299 Å². The molecule has 11 heteroatoms. The van der Waals surface area contributed by atoms with E-state index in [2.05, 4.69) is 32.2 Å². The third-order valence-corrected chi connectivity index (χ3v) is 9.93. The summed E-state index contributed by atoms with van der Waals surface area (Å²) in [5, 5.41) is 18.3. The lowest BCUT2D eigenvalue weighted by atomic mass is 9.99. The van der Waals surface area contributed by atoms with Crippen molar-refractivity contribution in [3.63, 3.8) is 0 Å². The van der Waals surface area contributed by atoms with Crippen molar-refractivity contribution in [2.24, 2.45) is 11.8 Å². The molecule has 0 saturated carbocycles. The maximum atomic E-state index is 12.6. The van der Waals surface area contributed by atoms with Gasteiger partial charge in [0.25, 0.3) is 0 Å². The lowest BCUT2D eigenvalue weighted by Crippen LogP contribution is -2.29. The van der Waals surface area contributed by atoms with Gasteiger partial charge in [0, 0.05) is 12.8 Å². The molecule has 4 atom stereocenters. The van der Waals surface area contributed by atoms with Crippen molar-refractivity contribution in [2.45, 2.75) is 194 Å². The van der Waals surface area contributed by atoms with E-state index in [1.807, 2.05) is 0 Å². The molecule has 0 spiro atoms. The van der Waals surface area contributed by atoms with E-state index in [4.69, 9.17) is 19.1 Å². The molecule has 0 aromatic carbocycles. The van der Waals surface area contributed by atoms with Crippen LogP contribution in [0.1, 0.15) is 182 Å². The molecule has 0 aromatic heterocycles. The highest BCUT2D eigenvalue weighted by molar-refractivity contribution is 7.47. The van der Waals surface area contributed by atoms with E-state index in [0.717, 1.165) is 50.4 Å². The zero-order valence-electron chi connectivity index (χ0n) is 31.8. The SMILES string of the molecule is CCC(C)CCCCCCCCCCCCC(=O)OC(COC(=O)CCCCCCCCCCCC(C)C)COP(=O)(O)OCC(O)CO. The van der Waals surface area contributed by atoms with E-state index in [1.54, 1.807) is 0 Å². The molecule has 0 rings (SSSR count). The van der Waals surface area contributed by atoms with E-state index in [-0.39, 0.29) is 19.4 Å². The standard InChI is InChI=1S/C38H75O10P/c1-5-34(4)26-22-18-14-10-6-7-11-16-20-24-28-38(42)48-36(32-47-49(43,44)46-30-35(40)29-39)31-45-37(41)27-23-19-15-12-8-9-13-17-21-25-33(2)3/h33-36,39-40H,5-32H2,1-4H3,(H,43,44). The molecule has 3 N–H and O–H groups in total. The maximum absolute atomic E-state index is 12.6. The Morgan fingerprint density at radius 2 is 1.04 bits per heavy atom. The fourth-order valence-electron chi connectivity index (χ4n) is 5.51. The number of hydrogen-bond donors (Lipinski definition) is 3. The number of esters is 2. The van der Waals surface area contributed by atoms with Crippen molar-refractivity contribution >= 4 is 19.8 Å². The Hall–Kier alpha value is -1.03. The molecule has 0 aliphatic heterocycles. The molecule has 0 fully saturated rings. The highest BCUT2D eigenvalue weighted by atomic mass is 31.2. The molecular formula is C38H75O10P. The van der Waals surface area contributed by atoms with Crippen LogP contribution >= 0.6 is 7.82 Å². The quantitative estimate of drug-likeness (QED) is 0.0324. The summed E-state index contributed by atoms with van der Waals surface area (Å²) >= 11 is 0. The molecular weight excluding hydrogens is 647 g/mol. The molecule has 0 radical (unpaired) electrons. The van der Waals surface area contributed by atoms with Gasteiger partial charge in [0.15, 0.2) is 6.10 Å². The number of aliphatic hydroxyl groups is 2. The van der Waals surface area contributed by atoms with Crippen LogP contribution in [0.15, 0.2) is 0 Å². The lowest BCUT2D eigenvalue weighted by molar-refractivity contribution is -0.161. The van der Waals surface area contributed by atoms with Crippen molar-refractivity contribution in [2.75, 3.05) is 26.4 Å². The molecule has 0 aromatic rings. The van der Waals surface area contributed by atoms with Crippen LogP contribution in [0.4, 0.5) is 0 Å². The molecule has 0 aliphatic carbocycles. The van der Waals surface area contributed by atoms with Crippen molar-refractivity contribution in [3.8, 4) is 0 Å². The Balaban J connectivity index is 4.34. The Kier molecular flexibility index (Phi) is 32.2. The molecule has 0 aliphatic rings. The van der Waals surface area contributed by atoms with Crippen LogP contribution in [-0.4, -0.2) is 65.7 Å². The summed E-state index contributed by atoms with van der Waals surface area (Å²) in [4.78, 5) is 34.8. The number of ether oxygens (including phenoxy) is 2. The number of rotatable bonds is 36. The van der Waals surface area contributed by atoms with Crippen LogP contribution in [0.2, 0.25) is 0 Å². The second-order valence-electron chi connectivity index (χ2n) is 14.4. The van der Waals surface area contributed by atoms with Gasteiger partial charge in [-0.1, -0.05) is 156 Å². The average Bonchev–Trinajstić information content (AvgIpc) is 3.07. The first-order valence-electron chi connectivity index (χ1n) is 19.7. The molecule has 0 saturated heterocycles. The van der Waals surface area contributed by atoms with Crippen LogP contribution in [-0.2, 0) is 32.7 Å². The van der Waals surface area contributed by atoms with Gasteiger partial charge in [-0.25, -0.2) is 4.57 Å². The van der Waals surface area contributed by atoms with Gasteiger partial charge >= 0.3 is 19.8 Å². The number of phosphoric acid groups is 1. The Morgan fingerprint density at radius 3 is 1.51 bits per heavy atom. The summed E-state index contributed by atoms with van der Waals surface area (Å²) < 4.78 is 32.6. The van der Waals surface area contributed by atoms with E-state index in [1.165, 1.54) is 89.9 Å². The van der Waals surface area contributed by atoms with Crippen molar-refractivity contribution < 1.29 is 47.8 Å². The predicted octanol–water partition coefficient (Wildman–Crippen LogP) is 9.60. The zero-order chi connectivity index (χ0) is 36.6. The first kappa shape index (κ1) is 48.0. The van der Waals surface area contributed by atoms with Crippen molar-refractivity contribution in [1.29, 1.82) is 0 Å². The van der Waals surface area contributed by atoms with Crippen molar-refractivity contribution in [1.82, 2.24) is 0 Å². The summed E-state index contributed by atoms with van der Waals surface area (Å²) in [5.74, 6) is 0.699. The Morgan fingerprint density at radius 1 is 0.612 bits per heavy atom. The third-order valence-electron chi connectivity index (χ3n) is 8.98. The van der Waals surface area contributed by atoms with Crippen LogP contribution in [0.3, 0.4) is 0 Å². The minimum atomic E-state index is -4.60. The molecule has 292 valence electrons. The summed E-state index contributed by atoms with van der Waals surface area (Å²) in [7, 11) is -4.60. The van der Waals surface area contributed by atoms with Gasteiger partial charge in [-0.3, -0.25) is 18.6 Å². The smallest absolute Gasteiger partial charge is 0.462 e. The third kappa shape index (κ3) is 33.9. The minimum Gasteiger partial charge on any atom is -0.462 e. The summed E-state index contributed by atoms with van der Waals surface area (Å²) in [6, 6.07) is 0. The molecule has 0 amide bonds. The predicted molar refractivity (Wildman–Crippen MR) is 196 cm³/mol. The van der Waals surface area contributed by atoms with Gasteiger partial charge in [0.05, 0.1) is 19.8 Å². The van der Waals surface area contributed by atoms with Gasteiger partial charge in [0.1, 0.15) is 12.7 Å². The molecule has 4 unspecified atom stereocenters. The highest BCUT2D eigenvalue weighted by Crippen LogP contribution is 2.43. The number of unbranched alkanes of at least 4 members (excludes halogenated alkanes) is 17. The van der Waals surface area contributed by atoms with Gasteiger partial charge in [-0.05, 0) is 24.7 Å². The van der Waals surface area contributed by atoms with Gasteiger partial charge in [-0.2, -0.15) is 0 Å². The molecule has 49 heavy (non-hydrogen) atoms. The number of phosphoric ester groups is 1. The minimum absolute atomic E-state index is 0.189. The topological polar surface area (TPSA) is 149 Å². The first-order chi connectivity index (χ1) is 23.5. The van der Waals surface area contributed by atoms with Crippen molar-refractivity contribution in [3.05, 3.63) is 0 Å². The van der Waals surface area contributed by atoms with Gasteiger partial charge in [-0.15, -0.1) is 0 Å². The van der Waals surface area contributed by atoms with Crippen LogP contribution in [0.25, 0.3) is 0 Å². The normalized spacial score (nSPS) is 14.8. The van der Waals surface area contributed by atoms with Crippen LogP contribution in [0.5, 0.6) is 0 Å². The molecule has 10 nitrogen and oxygen atoms in total. The highest BCUT2D eigenvalue weighted by Gasteiger charge is 2.27. The first-order valence-corrected chi connectivity index (χ1v) is 21.2. The zero-order valence-corrected chi connectivity index (χ0v) is 32.6. The number of carbonyl (C=O) groups excluding carboxylic acids is 2. The molecule has 0 heterocycles. The van der Waals surface area contributed by atoms with Crippen LogP contribution in [0, 0.1) is 11.8 Å².